The van der Waals surface area contributed by atoms with Crippen molar-refractivity contribution in [3.63, 3.8) is 0 Å². The smallest absolute Gasteiger partial charge is 0.191 e. The first kappa shape index (κ1) is 25.0. The molecule has 29 heavy (non-hydrogen) atoms. The van der Waals surface area contributed by atoms with Crippen LogP contribution in [0.25, 0.3) is 0 Å². The fraction of sp³-hybridized carbons (Fsp3) is 0.429. The van der Waals surface area contributed by atoms with Crippen molar-refractivity contribution in [2.24, 2.45) is 4.99 Å². The number of benzene rings is 1. The third-order valence-electron chi connectivity index (χ3n) is 4.17. The molecule has 2 aromatic rings. The highest BCUT2D eigenvalue weighted by Crippen LogP contribution is 2.20. The van der Waals surface area contributed by atoms with Gasteiger partial charge < -0.3 is 25.0 Å². The number of anilines is 1. The van der Waals surface area contributed by atoms with Gasteiger partial charge in [-0.2, -0.15) is 0 Å². The number of hydrogen-bond acceptors (Lipinski definition) is 5. The summed E-state index contributed by atoms with van der Waals surface area (Å²) < 4.78 is 10.9. The molecular formula is C21H32IN5O2. The molecule has 0 aliphatic carbocycles. The molecule has 2 rings (SSSR count). The molecule has 0 atom stereocenters. The fourth-order valence-corrected chi connectivity index (χ4v) is 2.58. The minimum absolute atomic E-state index is 0. The molecule has 0 spiro atoms. The Morgan fingerprint density at radius 1 is 1.10 bits per heavy atom. The molecule has 0 saturated carbocycles. The van der Waals surface area contributed by atoms with E-state index in [1.807, 2.05) is 37.3 Å². The summed E-state index contributed by atoms with van der Waals surface area (Å²) in [6, 6.07) is 10.2. The Morgan fingerprint density at radius 2 is 1.86 bits per heavy atom. The molecule has 8 heteroatoms. The number of pyridine rings is 1. The molecule has 2 N–H and O–H groups in total. The first-order valence-electron chi connectivity index (χ1n) is 9.31. The summed E-state index contributed by atoms with van der Waals surface area (Å²) in [6.07, 6.45) is 1.82. The highest BCUT2D eigenvalue weighted by Gasteiger charge is 2.07. The van der Waals surface area contributed by atoms with Gasteiger partial charge in [0.15, 0.2) is 5.96 Å². The van der Waals surface area contributed by atoms with E-state index < -0.39 is 0 Å². The minimum Gasteiger partial charge on any atom is -0.491 e. The van der Waals surface area contributed by atoms with Crippen molar-refractivity contribution in [2.75, 3.05) is 46.4 Å². The van der Waals surface area contributed by atoms with Crippen LogP contribution in [0.1, 0.15) is 16.7 Å². The molecule has 0 unspecified atom stereocenters. The second-order valence-corrected chi connectivity index (χ2v) is 6.65. The first-order chi connectivity index (χ1) is 13.5. The third-order valence-corrected chi connectivity index (χ3v) is 4.17. The predicted molar refractivity (Wildman–Crippen MR) is 130 cm³/mol. The van der Waals surface area contributed by atoms with E-state index in [2.05, 4.69) is 45.7 Å². The summed E-state index contributed by atoms with van der Waals surface area (Å²) in [7, 11) is 7.39. The fourth-order valence-electron chi connectivity index (χ4n) is 2.58. The molecule has 1 aromatic heterocycles. The maximum absolute atomic E-state index is 5.85. The lowest BCUT2D eigenvalue weighted by Crippen LogP contribution is -2.36. The molecule has 0 aliphatic heterocycles. The van der Waals surface area contributed by atoms with Gasteiger partial charge in [-0.25, -0.2) is 4.98 Å². The summed E-state index contributed by atoms with van der Waals surface area (Å²) in [5.41, 5.74) is 3.37. The number of rotatable bonds is 9. The predicted octanol–water partition coefficient (Wildman–Crippen LogP) is 2.96. The lowest BCUT2D eigenvalue weighted by Gasteiger charge is -2.16. The van der Waals surface area contributed by atoms with E-state index in [-0.39, 0.29) is 24.0 Å². The van der Waals surface area contributed by atoms with Crippen LogP contribution in [-0.2, 0) is 17.8 Å². The maximum atomic E-state index is 5.85. The zero-order valence-electron chi connectivity index (χ0n) is 17.9. The number of halogens is 1. The van der Waals surface area contributed by atoms with Crippen LogP contribution in [0.2, 0.25) is 0 Å². The van der Waals surface area contributed by atoms with Crippen LogP contribution in [0.4, 0.5) is 5.82 Å². The second kappa shape index (κ2) is 13.2. The summed E-state index contributed by atoms with van der Waals surface area (Å²) in [5, 5.41) is 6.68. The van der Waals surface area contributed by atoms with Crippen molar-refractivity contribution in [1.82, 2.24) is 15.6 Å². The van der Waals surface area contributed by atoms with Gasteiger partial charge in [0, 0.05) is 53.1 Å². The SMILES string of the molecule is CN=C(NCc1ccnc(N(C)C)c1)NCc1ccc(C)cc1OCCOC.I. The van der Waals surface area contributed by atoms with Crippen LogP contribution < -0.4 is 20.3 Å². The molecule has 1 aromatic carbocycles. The van der Waals surface area contributed by atoms with Gasteiger partial charge in [0.1, 0.15) is 18.2 Å². The monoisotopic (exact) mass is 513 g/mol. The van der Waals surface area contributed by atoms with E-state index in [9.17, 15) is 0 Å². The summed E-state index contributed by atoms with van der Waals surface area (Å²) in [4.78, 5) is 10.6. The Hall–Kier alpha value is -2.07. The molecule has 7 nitrogen and oxygen atoms in total. The lowest BCUT2D eigenvalue weighted by molar-refractivity contribution is 0.145. The van der Waals surface area contributed by atoms with Gasteiger partial charge in [-0.3, -0.25) is 4.99 Å². The van der Waals surface area contributed by atoms with Gasteiger partial charge >= 0.3 is 0 Å². The topological polar surface area (TPSA) is 71.0 Å². The number of guanidine groups is 1. The molecule has 0 amide bonds. The quantitative estimate of drug-likeness (QED) is 0.233. The molecule has 0 bridgehead atoms. The van der Waals surface area contributed by atoms with Crippen molar-refractivity contribution in [1.29, 1.82) is 0 Å². The zero-order valence-corrected chi connectivity index (χ0v) is 20.2. The van der Waals surface area contributed by atoms with Gasteiger partial charge in [0.25, 0.3) is 0 Å². The molecule has 0 aliphatic rings. The van der Waals surface area contributed by atoms with Crippen molar-refractivity contribution < 1.29 is 9.47 Å². The molecule has 0 fully saturated rings. The number of nitrogens with zero attached hydrogens (tertiary/aromatic N) is 3. The van der Waals surface area contributed by atoms with Crippen LogP contribution >= 0.6 is 24.0 Å². The van der Waals surface area contributed by atoms with Crippen LogP contribution in [0.15, 0.2) is 41.5 Å². The van der Waals surface area contributed by atoms with Gasteiger partial charge in [-0.1, -0.05) is 12.1 Å². The minimum atomic E-state index is 0. The largest absolute Gasteiger partial charge is 0.491 e. The summed E-state index contributed by atoms with van der Waals surface area (Å²) in [6.45, 7) is 4.41. The van der Waals surface area contributed by atoms with Crippen molar-refractivity contribution in [3.8, 4) is 5.75 Å². The second-order valence-electron chi connectivity index (χ2n) is 6.65. The number of aromatic nitrogens is 1. The average Bonchev–Trinajstić information content (AvgIpc) is 2.69. The average molecular weight is 513 g/mol. The maximum Gasteiger partial charge on any atom is 0.191 e. The van der Waals surface area contributed by atoms with E-state index in [1.165, 1.54) is 0 Å². The number of aryl methyl sites for hydroxylation is 1. The van der Waals surface area contributed by atoms with Crippen LogP contribution in [0.3, 0.4) is 0 Å². The Labute approximate surface area is 190 Å². The van der Waals surface area contributed by atoms with Crippen molar-refractivity contribution in [3.05, 3.63) is 53.2 Å². The molecule has 1 heterocycles. The van der Waals surface area contributed by atoms with Gasteiger partial charge in [0.2, 0.25) is 0 Å². The Morgan fingerprint density at radius 3 is 2.55 bits per heavy atom. The molecule has 160 valence electrons. The molecule has 0 radical (unpaired) electrons. The Kier molecular flexibility index (Phi) is 11.4. The molecular weight excluding hydrogens is 481 g/mol. The summed E-state index contributed by atoms with van der Waals surface area (Å²) in [5.74, 6) is 2.52. The normalized spacial score (nSPS) is 10.9. The number of methoxy groups -OCH3 is 1. The van der Waals surface area contributed by atoms with Gasteiger partial charge in [-0.15, -0.1) is 24.0 Å². The zero-order chi connectivity index (χ0) is 20.4. The van der Waals surface area contributed by atoms with Gasteiger partial charge in [0.05, 0.1) is 6.61 Å². The van der Waals surface area contributed by atoms with Crippen LogP contribution in [0.5, 0.6) is 5.75 Å². The third kappa shape index (κ3) is 8.45. The van der Waals surface area contributed by atoms with Crippen molar-refractivity contribution >= 4 is 35.8 Å². The lowest BCUT2D eigenvalue weighted by atomic mass is 10.1. The number of nitrogens with one attached hydrogen (secondary N) is 2. The molecule has 0 saturated heterocycles. The van der Waals surface area contributed by atoms with Gasteiger partial charge in [-0.05, 0) is 36.2 Å². The highest BCUT2D eigenvalue weighted by molar-refractivity contribution is 14.0. The van der Waals surface area contributed by atoms with Crippen molar-refractivity contribution in [2.45, 2.75) is 20.0 Å². The van der Waals surface area contributed by atoms with E-state index >= 15 is 0 Å². The first-order valence-corrected chi connectivity index (χ1v) is 9.31. The number of aliphatic imine (C=N–C) groups is 1. The standard InChI is InChI=1S/C21H31N5O2.HI/c1-16-6-7-18(19(12-16)28-11-10-27-5)15-25-21(22-2)24-14-17-8-9-23-20(13-17)26(3)4;/h6-9,12-13H,10-11,14-15H2,1-5H3,(H2,22,24,25);1H. The van der Waals surface area contributed by atoms with E-state index in [0.717, 1.165) is 34.2 Å². The number of ether oxygens (including phenoxy) is 2. The Balaban J connectivity index is 0.00000420. The van der Waals surface area contributed by atoms with E-state index in [0.29, 0.717) is 26.3 Å². The summed E-state index contributed by atoms with van der Waals surface area (Å²) >= 11 is 0. The van der Waals surface area contributed by atoms with E-state index in [1.54, 1.807) is 14.2 Å². The van der Waals surface area contributed by atoms with Crippen LogP contribution in [0, 0.1) is 6.92 Å². The highest BCUT2D eigenvalue weighted by atomic mass is 127. The number of hydrogen-bond donors (Lipinski definition) is 2. The Bertz CT molecular complexity index is 783. The van der Waals surface area contributed by atoms with Crippen LogP contribution in [-0.4, -0.2) is 52.4 Å². The van der Waals surface area contributed by atoms with E-state index in [4.69, 9.17) is 9.47 Å².